The molecule has 0 radical (unpaired) electrons. The molecule has 0 bridgehead atoms. The number of halogens is 3. The highest BCUT2D eigenvalue weighted by Gasteiger charge is 2.13. The van der Waals surface area contributed by atoms with Gasteiger partial charge in [0.25, 0.3) is 0 Å². The molecule has 25 heavy (non-hydrogen) atoms. The second kappa shape index (κ2) is 8.54. The van der Waals surface area contributed by atoms with Crippen LogP contribution in [0.4, 0.5) is 0 Å². The quantitative estimate of drug-likeness (QED) is 0.235. The average Bonchev–Trinajstić information content (AvgIpc) is 2.61. The van der Waals surface area contributed by atoms with Gasteiger partial charge < -0.3 is 5.09 Å². The number of benzene rings is 1. The first-order valence-electron chi connectivity index (χ1n) is 7.17. The van der Waals surface area contributed by atoms with E-state index in [-0.39, 0.29) is 0 Å². The van der Waals surface area contributed by atoms with Gasteiger partial charge in [-0.05, 0) is 68.3 Å². The summed E-state index contributed by atoms with van der Waals surface area (Å²) in [5.41, 5.74) is 4.09. The zero-order valence-electron chi connectivity index (χ0n) is 12.7. The van der Waals surface area contributed by atoms with Crippen molar-refractivity contribution in [3.63, 3.8) is 0 Å². The summed E-state index contributed by atoms with van der Waals surface area (Å²) in [4.78, 5) is 9.03. The first-order valence-corrected chi connectivity index (χ1v) is 12.5. The number of aromatic nitrogens is 2. The zero-order valence-corrected chi connectivity index (χ0v) is 18.2. The van der Waals surface area contributed by atoms with Gasteiger partial charge in [-0.1, -0.05) is 23.7 Å². The number of allylic oxidation sites excluding steroid dienone is 1. The van der Waals surface area contributed by atoms with E-state index < -0.39 is 0 Å². The molecule has 0 fully saturated rings. The summed E-state index contributed by atoms with van der Waals surface area (Å²) in [6, 6.07) is 13.0. The predicted octanol–water partition coefficient (Wildman–Crippen LogP) is 5.99. The minimum Gasteiger partial charge on any atom is -0.364 e. The molecule has 0 aliphatic heterocycles. The van der Waals surface area contributed by atoms with Crippen molar-refractivity contribution in [3.05, 3.63) is 75.6 Å². The van der Waals surface area contributed by atoms with E-state index in [1.807, 2.05) is 36.5 Å². The molecular formula is C17H12BrClIN4P. The van der Waals surface area contributed by atoms with Crippen molar-refractivity contribution in [2.75, 3.05) is 0 Å². The maximum Gasteiger partial charge on any atom is 0.0905 e. The molecule has 8 heteroatoms. The summed E-state index contributed by atoms with van der Waals surface area (Å²) < 4.78 is 0.868. The van der Waals surface area contributed by atoms with Crippen molar-refractivity contribution in [2.45, 2.75) is 0 Å². The van der Waals surface area contributed by atoms with E-state index in [9.17, 15) is 0 Å². The highest BCUT2D eigenvalue weighted by Crippen LogP contribution is 2.24. The number of rotatable bonds is 5. The lowest BCUT2D eigenvalue weighted by atomic mass is 10.00. The summed E-state index contributed by atoms with van der Waals surface area (Å²) >= 11 is 11.7. The van der Waals surface area contributed by atoms with Crippen LogP contribution < -0.4 is 5.09 Å². The summed E-state index contributed by atoms with van der Waals surface area (Å²) in [5, 5.41) is 12.4. The molecule has 0 saturated carbocycles. The predicted molar refractivity (Wildman–Crippen MR) is 119 cm³/mol. The van der Waals surface area contributed by atoms with Gasteiger partial charge in [0, 0.05) is 39.4 Å². The third kappa shape index (κ3) is 4.56. The average molecular weight is 546 g/mol. The fraction of sp³-hybridized carbons (Fsp3) is 0. The fourth-order valence-electron chi connectivity index (χ4n) is 2.31. The second-order valence-corrected chi connectivity index (χ2v) is 8.52. The fourth-order valence-corrected chi connectivity index (χ4v) is 3.48. The Morgan fingerprint density at radius 2 is 2.08 bits per heavy atom. The minimum absolute atomic E-state index is 0.361. The Morgan fingerprint density at radius 1 is 1.24 bits per heavy atom. The first-order chi connectivity index (χ1) is 12.1. The van der Waals surface area contributed by atoms with Crippen molar-refractivity contribution in [1.82, 2.24) is 15.1 Å². The number of pyridine rings is 2. The Hall–Kier alpha value is -1.08. The van der Waals surface area contributed by atoms with E-state index in [0.717, 1.165) is 21.1 Å². The molecule has 3 aromatic rings. The molecule has 1 unspecified atom stereocenters. The number of fused-ring (bicyclic) bond motifs is 1. The van der Waals surface area contributed by atoms with Crippen molar-refractivity contribution in [1.29, 1.82) is 5.41 Å². The monoisotopic (exact) mass is 544 g/mol. The molecule has 0 amide bonds. The van der Waals surface area contributed by atoms with Crippen LogP contribution >= 0.6 is 55.9 Å². The van der Waals surface area contributed by atoms with E-state index in [4.69, 9.17) is 17.0 Å². The number of nitrogens with zero attached hydrogens (tertiary/aromatic N) is 2. The highest BCUT2D eigenvalue weighted by atomic mass is 127. The molecule has 3 rings (SSSR count). The van der Waals surface area contributed by atoms with Gasteiger partial charge in [0.2, 0.25) is 0 Å². The van der Waals surface area contributed by atoms with Crippen LogP contribution in [0.2, 0.25) is 5.02 Å². The largest absolute Gasteiger partial charge is 0.364 e. The third-order valence-corrected chi connectivity index (χ3v) is 5.29. The lowest BCUT2D eigenvalue weighted by molar-refractivity contribution is 1.28. The van der Waals surface area contributed by atoms with E-state index in [1.165, 1.54) is 0 Å². The van der Waals surface area contributed by atoms with Gasteiger partial charge in [0.15, 0.2) is 0 Å². The molecule has 0 aliphatic carbocycles. The van der Waals surface area contributed by atoms with Crippen molar-refractivity contribution in [2.24, 2.45) is 0 Å². The van der Waals surface area contributed by atoms with Gasteiger partial charge in [0.05, 0.1) is 22.4 Å². The standard InChI is InChI=1S/C17H12BrClIN4P/c18-11-7-16-15(22-8-11)5-4-14(24-16)13(9-23-25-20)17(21)10-2-1-3-12(19)6-10/h1-9,21,23,25H/b13-9-,21-17?. The smallest absolute Gasteiger partial charge is 0.0905 e. The van der Waals surface area contributed by atoms with Gasteiger partial charge in [-0.15, -0.1) is 0 Å². The van der Waals surface area contributed by atoms with Crippen LogP contribution in [0.3, 0.4) is 0 Å². The topological polar surface area (TPSA) is 61.7 Å². The number of nitrogens with one attached hydrogen (secondary N) is 2. The molecule has 0 saturated heterocycles. The molecule has 0 aliphatic rings. The number of hydrogen-bond donors (Lipinski definition) is 2. The van der Waals surface area contributed by atoms with Crippen molar-refractivity contribution >= 4 is 78.3 Å². The summed E-state index contributed by atoms with van der Waals surface area (Å²) in [6.45, 7) is 0. The normalized spacial score (nSPS) is 12.0. The van der Waals surface area contributed by atoms with E-state index >= 15 is 0 Å². The number of hydrogen-bond acceptors (Lipinski definition) is 4. The molecule has 1 atom stereocenters. The van der Waals surface area contributed by atoms with E-state index in [0.29, 0.717) is 28.4 Å². The van der Waals surface area contributed by atoms with Crippen LogP contribution in [0.5, 0.6) is 0 Å². The Kier molecular flexibility index (Phi) is 6.39. The summed E-state index contributed by atoms with van der Waals surface area (Å²) in [7, 11) is 0. The Balaban J connectivity index is 2.08. The van der Waals surface area contributed by atoms with Gasteiger partial charge in [-0.25, -0.2) is 4.98 Å². The second-order valence-electron chi connectivity index (χ2n) is 5.07. The zero-order chi connectivity index (χ0) is 17.8. The van der Waals surface area contributed by atoms with Crippen LogP contribution in [-0.2, 0) is 0 Å². The van der Waals surface area contributed by atoms with Gasteiger partial charge >= 0.3 is 0 Å². The Labute approximate surface area is 173 Å². The van der Waals surface area contributed by atoms with Gasteiger partial charge in [0.1, 0.15) is 0 Å². The van der Waals surface area contributed by atoms with E-state index in [2.05, 4.69) is 53.0 Å². The molecule has 2 N–H and O–H groups in total. The molecule has 126 valence electrons. The maximum absolute atomic E-state index is 8.62. The van der Waals surface area contributed by atoms with Gasteiger partial charge in [-0.2, -0.15) is 0 Å². The van der Waals surface area contributed by atoms with Crippen molar-refractivity contribution in [3.8, 4) is 0 Å². The van der Waals surface area contributed by atoms with Crippen LogP contribution in [0, 0.1) is 5.41 Å². The Bertz CT molecular complexity index is 980. The van der Waals surface area contributed by atoms with Crippen LogP contribution in [-0.4, -0.2) is 15.7 Å². The maximum atomic E-state index is 8.62. The minimum atomic E-state index is 0.361. The lowest BCUT2D eigenvalue weighted by Gasteiger charge is -2.11. The summed E-state index contributed by atoms with van der Waals surface area (Å²) in [5.74, 6) is 0. The van der Waals surface area contributed by atoms with E-state index in [1.54, 1.807) is 18.3 Å². The van der Waals surface area contributed by atoms with Gasteiger partial charge in [-0.3, -0.25) is 10.4 Å². The lowest BCUT2D eigenvalue weighted by Crippen LogP contribution is -2.07. The summed E-state index contributed by atoms with van der Waals surface area (Å²) in [6.07, 6.45) is 4.07. The molecule has 0 spiro atoms. The third-order valence-electron chi connectivity index (χ3n) is 3.43. The molecule has 1 aromatic carbocycles. The SMILES string of the molecule is N=C(/C(=C\NPI)c1ccc2ncc(Br)cc2n1)c1cccc(Cl)c1. The van der Waals surface area contributed by atoms with Crippen LogP contribution in [0.25, 0.3) is 16.6 Å². The molecular weight excluding hydrogens is 533 g/mol. The van der Waals surface area contributed by atoms with Crippen molar-refractivity contribution < 1.29 is 0 Å². The molecule has 2 aromatic heterocycles. The Morgan fingerprint density at radius 3 is 2.84 bits per heavy atom. The highest BCUT2D eigenvalue weighted by molar-refractivity contribution is 14.2. The van der Waals surface area contributed by atoms with Crippen LogP contribution in [0.1, 0.15) is 11.3 Å². The van der Waals surface area contributed by atoms with Crippen LogP contribution in [0.15, 0.2) is 59.3 Å². The molecule has 2 heterocycles. The first kappa shape index (κ1) is 18.7. The molecule has 4 nitrogen and oxygen atoms in total.